The van der Waals surface area contributed by atoms with Gasteiger partial charge in [0, 0.05) is 49.8 Å². The number of thiol groups is 1. The second kappa shape index (κ2) is 7.85. The first-order valence-corrected chi connectivity index (χ1v) is 11.7. The Labute approximate surface area is 178 Å². The molecule has 9 heteroatoms. The molecule has 2 aromatic heterocycles. The number of piperidine rings is 1. The number of rotatable bonds is 4. The summed E-state index contributed by atoms with van der Waals surface area (Å²) in [5.74, 6) is 0.386. The van der Waals surface area contributed by atoms with Crippen molar-refractivity contribution in [3.63, 3.8) is 0 Å². The maximum Gasteiger partial charge on any atom is 0.407 e. The van der Waals surface area contributed by atoms with Gasteiger partial charge >= 0.3 is 6.09 Å². The minimum absolute atomic E-state index is 0.176. The van der Waals surface area contributed by atoms with Crippen molar-refractivity contribution < 1.29 is 17.9 Å². The maximum atomic E-state index is 12.2. The molecule has 2 aromatic rings. The number of hydrogen-bond donors (Lipinski definition) is 3. The number of aromatic amines is 1. The zero-order chi connectivity index (χ0) is 21.5. The van der Waals surface area contributed by atoms with Crippen LogP contribution >= 0.6 is 0 Å². The Morgan fingerprint density at radius 2 is 2.00 bits per heavy atom. The highest BCUT2D eigenvalue weighted by Gasteiger charge is 2.53. The lowest BCUT2D eigenvalue weighted by molar-refractivity contribution is 0.0226. The van der Waals surface area contributed by atoms with Crippen LogP contribution in [-0.2, 0) is 15.4 Å². The molecule has 4 rings (SSSR count). The third-order valence-corrected chi connectivity index (χ3v) is 7.54. The highest BCUT2D eigenvalue weighted by Crippen LogP contribution is 2.43. The fourth-order valence-electron chi connectivity index (χ4n) is 4.75. The molecule has 2 aliphatic rings. The number of hydrogen-bond acceptors (Lipinski definition) is 6. The molecule has 0 unspecified atom stereocenters. The SMILES string of the molecule is CC(C)(C)OC(=O)N[C@H]1C[C@@](N2CCC(c3c[nH]c4ncccc34)CC2)([SH](=O)=O)C1. The van der Waals surface area contributed by atoms with Crippen molar-refractivity contribution >= 4 is 27.8 Å². The van der Waals surface area contributed by atoms with Gasteiger partial charge in [0.15, 0.2) is 10.7 Å². The fraction of sp³-hybridized carbons (Fsp3) is 0.619. The summed E-state index contributed by atoms with van der Waals surface area (Å²) in [5.41, 5.74) is 1.58. The summed E-state index contributed by atoms with van der Waals surface area (Å²) in [6.07, 6.45) is 5.94. The summed E-state index contributed by atoms with van der Waals surface area (Å²) in [6.45, 7) is 6.86. The number of carbonyl (C=O) groups excluding carboxylic acids is 1. The van der Waals surface area contributed by atoms with Gasteiger partial charge in [0.05, 0.1) is 0 Å². The van der Waals surface area contributed by atoms with Crippen molar-refractivity contribution in [1.82, 2.24) is 20.2 Å². The van der Waals surface area contributed by atoms with E-state index in [2.05, 4.69) is 26.3 Å². The summed E-state index contributed by atoms with van der Waals surface area (Å²) in [5, 5.41) is 3.95. The summed E-state index contributed by atoms with van der Waals surface area (Å²) in [7, 11) is -2.63. The minimum Gasteiger partial charge on any atom is -0.444 e. The molecule has 30 heavy (non-hydrogen) atoms. The third kappa shape index (κ3) is 4.05. The molecule has 1 saturated carbocycles. The first kappa shape index (κ1) is 21.1. The number of nitrogens with one attached hydrogen (secondary N) is 2. The number of aromatic nitrogens is 2. The standard InChI is InChI=1S/C21H30N4O4S/c1-20(2,3)29-19(26)24-15-11-21(12-15,30(27)28)25-9-6-14(7-10-25)17-13-23-18-16(17)5-4-8-22-18/h4-5,8,13-15,30H,6-7,9-12H2,1-3H3,(H,22,23)(H,24,26)/t15-,21+. The van der Waals surface area contributed by atoms with E-state index in [9.17, 15) is 13.2 Å². The van der Waals surface area contributed by atoms with E-state index in [1.54, 1.807) is 27.0 Å². The van der Waals surface area contributed by atoms with E-state index in [4.69, 9.17) is 4.74 Å². The molecule has 0 aromatic carbocycles. The summed E-state index contributed by atoms with van der Waals surface area (Å²) >= 11 is 0. The van der Waals surface area contributed by atoms with E-state index >= 15 is 0 Å². The van der Waals surface area contributed by atoms with Gasteiger partial charge in [0.25, 0.3) is 0 Å². The second-order valence-corrected chi connectivity index (χ2v) is 10.7. The summed E-state index contributed by atoms with van der Waals surface area (Å²) < 4.78 is 29.7. The quantitative estimate of drug-likeness (QED) is 0.639. The van der Waals surface area contributed by atoms with Crippen LogP contribution in [-0.4, -0.2) is 59.0 Å². The van der Waals surface area contributed by atoms with Gasteiger partial charge in [-0.15, -0.1) is 0 Å². The predicted octanol–water partition coefficient (Wildman–Crippen LogP) is 2.74. The van der Waals surface area contributed by atoms with Crippen LogP contribution in [0.25, 0.3) is 11.0 Å². The molecular weight excluding hydrogens is 404 g/mol. The van der Waals surface area contributed by atoms with E-state index in [-0.39, 0.29) is 6.04 Å². The molecule has 0 spiro atoms. The van der Waals surface area contributed by atoms with Gasteiger partial charge in [-0.25, -0.2) is 18.2 Å². The van der Waals surface area contributed by atoms with Crippen molar-refractivity contribution in [3.8, 4) is 0 Å². The molecule has 0 radical (unpaired) electrons. The average molecular weight is 435 g/mol. The Bertz CT molecular complexity index is 988. The monoisotopic (exact) mass is 434 g/mol. The zero-order valence-corrected chi connectivity index (χ0v) is 18.6. The van der Waals surface area contributed by atoms with Crippen LogP contribution in [0, 0.1) is 0 Å². The van der Waals surface area contributed by atoms with Crippen molar-refractivity contribution in [2.24, 2.45) is 0 Å². The molecule has 1 amide bonds. The first-order valence-electron chi connectivity index (χ1n) is 10.5. The van der Waals surface area contributed by atoms with Crippen molar-refractivity contribution in [3.05, 3.63) is 30.1 Å². The number of fused-ring (bicyclic) bond motifs is 1. The van der Waals surface area contributed by atoms with E-state index < -0.39 is 27.3 Å². The van der Waals surface area contributed by atoms with Gasteiger partial charge in [0.1, 0.15) is 16.1 Å². The number of carbonyl (C=O) groups is 1. The smallest absolute Gasteiger partial charge is 0.407 e. The number of pyridine rings is 1. The lowest BCUT2D eigenvalue weighted by Crippen LogP contribution is -2.65. The number of ether oxygens (including phenoxy) is 1. The molecule has 8 nitrogen and oxygen atoms in total. The van der Waals surface area contributed by atoms with Crippen molar-refractivity contribution in [1.29, 1.82) is 0 Å². The second-order valence-electron chi connectivity index (χ2n) is 9.40. The highest BCUT2D eigenvalue weighted by molar-refractivity contribution is 7.74. The van der Waals surface area contributed by atoms with E-state index in [1.165, 1.54) is 5.56 Å². The number of amides is 1. The van der Waals surface area contributed by atoms with Crippen LogP contribution in [0.4, 0.5) is 4.79 Å². The maximum absolute atomic E-state index is 12.2. The number of likely N-dealkylation sites (tertiary alicyclic amines) is 1. The van der Waals surface area contributed by atoms with Crippen LogP contribution < -0.4 is 5.32 Å². The van der Waals surface area contributed by atoms with Gasteiger partial charge in [-0.3, -0.25) is 4.90 Å². The first-order chi connectivity index (χ1) is 14.2. The van der Waals surface area contributed by atoms with Crippen LogP contribution in [0.2, 0.25) is 0 Å². The van der Waals surface area contributed by atoms with E-state index in [1.807, 2.05) is 12.3 Å². The van der Waals surface area contributed by atoms with Gasteiger partial charge in [-0.1, -0.05) is 0 Å². The van der Waals surface area contributed by atoms with Gasteiger partial charge in [-0.2, -0.15) is 0 Å². The molecule has 2 N–H and O–H groups in total. The molecule has 1 aliphatic carbocycles. The highest BCUT2D eigenvalue weighted by atomic mass is 32.2. The Kier molecular flexibility index (Phi) is 5.52. The summed E-state index contributed by atoms with van der Waals surface area (Å²) in [4.78, 5) is 20.8. The largest absolute Gasteiger partial charge is 0.444 e. The molecule has 164 valence electrons. The Morgan fingerprint density at radius 3 is 2.63 bits per heavy atom. The predicted molar refractivity (Wildman–Crippen MR) is 115 cm³/mol. The van der Waals surface area contributed by atoms with E-state index in [0.29, 0.717) is 18.8 Å². The number of alkyl carbamates (subject to hydrolysis) is 1. The molecule has 2 fully saturated rings. The molecule has 1 aliphatic heterocycles. The molecule has 1 saturated heterocycles. The lowest BCUT2D eigenvalue weighted by atomic mass is 9.81. The molecular formula is C21H30N4O4S. The summed E-state index contributed by atoms with van der Waals surface area (Å²) in [6, 6.07) is 3.85. The number of H-pyrrole nitrogens is 1. The van der Waals surface area contributed by atoms with Crippen molar-refractivity contribution in [2.75, 3.05) is 13.1 Å². The third-order valence-electron chi connectivity index (χ3n) is 6.21. The zero-order valence-electron chi connectivity index (χ0n) is 17.7. The fourth-order valence-corrected chi connectivity index (χ4v) is 5.92. The van der Waals surface area contributed by atoms with Crippen molar-refractivity contribution in [2.45, 2.75) is 68.9 Å². The van der Waals surface area contributed by atoms with Crippen LogP contribution in [0.5, 0.6) is 0 Å². The van der Waals surface area contributed by atoms with E-state index in [0.717, 1.165) is 37.0 Å². The van der Waals surface area contributed by atoms with Crippen LogP contribution in [0.15, 0.2) is 24.5 Å². The molecule has 0 bridgehead atoms. The van der Waals surface area contributed by atoms with Gasteiger partial charge in [0.2, 0.25) is 0 Å². The topological polar surface area (TPSA) is 104 Å². The van der Waals surface area contributed by atoms with Crippen LogP contribution in [0.3, 0.4) is 0 Å². The van der Waals surface area contributed by atoms with Gasteiger partial charge in [-0.05, 0) is 57.2 Å². The molecule has 0 atom stereocenters. The van der Waals surface area contributed by atoms with Gasteiger partial charge < -0.3 is 15.0 Å². The van der Waals surface area contributed by atoms with Crippen LogP contribution in [0.1, 0.15) is 57.9 Å². The Hall–Kier alpha value is -2.13. The molecule has 3 heterocycles. The Morgan fingerprint density at radius 1 is 1.30 bits per heavy atom. The Balaban J connectivity index is 1.37. The normalized spacial score (nSPS) is 25.9. The number of nitrogens with zero attached hydrogens (tertiary/aromatic N) is 2. The lowest BCUT2D eigenvalue weighted by Gasteiger charge is -2.52. The average Bonchev–Trinajstić information content (AvgIpc) is 3.07. The minimum atomic E-state index is -2.63.